The average Bonchev–Trinajstić information content (AvgIpc) is 2.94. The van der Waals surface area contributed by atoms with Crippen LogP contribution in [0.1, 0.15) is 18.2 Å². The number of rotatable bonds is 5. The first-order valence-corrected chi connectivity index (χ1v) is 9.37. The van der Waals surface area contributed by atoms with Crippen LogP contribution in [0.25, 0.3) is 11.5 Å². The highest BCUT2D eigenvalue weighted by Crippen LogP contribution is 2.26. The number of hydrogen-bond donors (Lipinski definition) is 1. The molecule has 0 aliphatic heterocycles. The second-order valence-electron chi connectivity index (χ2n) is 5.95. The summed E-state index contributed by atoms with van der Waals surface area (Å²) in [4.78, 5) is 18.2. The largest absolute Gasteiger partial charge is 0.444 e. The van der Waals surface area contributed by atoms with Gasteiger partial charge in [-0.1, -0.05) is 6.07 Å². The van der Waals surface area contributed by atoms with E-state index in [0.717, 1.165) is 16.8 Å². The summed E-state index contributed by atoms with van der Waals surface area (Å²) >= 11 is 0. The van der Waals surface area contributed by atoms with E-state index in [1.54, 1.807) is 24.5 Å². The van der Waals surface area contributed by atoms with Crippen molar-refractivity contribution in [1.29, 1.82) is 0 Å². The molecule has 6 nitrogen and oxygen atoms in total. The van der Waals surface area contributed by atoms with Crippen LogP contribution in [-0.4, -0.2) is 45.2 Å². The number of amides is 2. The molecule has 0 aliphatic rings. The highest BCUT2D eigenvalue weighted by molar-refractivity contribution is 7.84. The second-order valence-corrected chi connectivity index (χ2v) is 7.43. The maximum atomic E-state index is 12.3. The molecule has 2 rings (SSSR count). The summed E-state index contributed by atoms with van der Waals surface area (Å²) in [6, 6.07) is 5.23. The van der Waals surface area contributed by atoms with Crippen molar-refractivity contribution in [3.8, 4) is 11.5 Å². The molecule has 24 heavy (non-hydrogen) atoms. The number of oxazole rings is 1. The minimum Gasteiger partial charge on any atom is -0.444 e. The third kappa shape index (κ3) is 4.44. The van der Waals surface area contributed by atoms with Crippen molar-refractivity contribution in [1.82, 2.24) is 9.88 Å². The van der Waals surface area contributed by atoms with Crippen LogP contribution in [0, 0.1) is 13.8 Å². The highest BCUT2D eigenvalue weighted by atomic mass is 32.2. The van der Waals surface area contributed by atoms with E-state index in [1.165, 1.54) is 0 Å². The Balaban J connectivity index is 2.15. The van der Waals surface area contributed by atoms with Crippen molar-refractivity contribution in [2.24, 2.45) is 0 Å². The van der Waals surface area contributed by atoms with Crippen molar-refractivity contribution in [3.63, 3.8) is 0 Å². The number of aryl methyl sites for hydroxylation is 2. The Kier molecular flexibility index (Phi) is 5.77. The first kappa shape index (κ1) is 18.2. The summed E-state index contributed by atoms with van der Waals surface area (Å²) in [7, 11) is 0.743. The van der Waals surface area contributed by atoms with Gasteiger partial charge in [-0.25, -0.2) is 9.78 Å². The Morgan fingerprint density at radius 3 is 2.71 bits per heavy atom. The smallest absolute Gasteiger partial charge is 0.321 e. The van der Waals surface area contributed by atoms with Gasteiger partial charge < -0.3 is 14.6 Å². The lowest BCUT2D eigenvalue weighted by atomic mass is 10.1. The summed E-state index contributed by atoms with van der Waals surface area (Å²) in [6.45, 7) is 5.70. The molecule has 0 spiro atoms. The molecule has 1 heterocycles. The molecule has 0 fully saturated rings. The summed E-state index contributed by atoms with van der Waals surface area (Å²) in [6.07, 6.45) is 3.23. The van der Waals surface area contributed by atoms with Crippen LogP contribution in [-0.2, 0) is 10.8 Å². The first-order valence-electron chi connectivity index (χ1n) is 7.65. The zero-order valence-corrected chi connectivity index (χ0v) is 15.4. The van der Waals surface area contributed by atoms with Crippen LogP contribution in [0.5, 0.6) is 0 Å². The fraction of sp³-hybridized carbons (Fsp3) is 0.412. The number of hydrogen-bond acceptors (Lipinski definition) is 4. The zero-order valence-electron chi connectivity index (χ0n) is 14.6. The molecule has 0 unspecified atom stereocenters. The fourth-order valence-corrected chi connectivity index (χ4v) is 3.17. The van der Waals surface area contributed by atoms with E-state index in [0.29, 0.717) is 17.3 Å². The Labute approximate surface area is 144 Å². The Morgan fingerprint density at radius 2 is 2.12 bits per heavy atom. The highest BCUT2D eigenvalue weighted by Gasteiger charge is 2.17. The number of benzene rings is 1. The predicted octanol–water partition coefficient (Wildman–Crippen LogP) is 3.19. The predicted molar refractivity (Wildman–Crippen MR) is 96.6 cm³/mol. The number of anilines is 1. The fourth-order valence-electron chi connectivity index (χ4n) is 2.27. The minimum absolute atomic E-state index is 0.116. The van der Waals surface area contributed by atoms with Gasteiger partial charge in [-0.3, -0.25) is 4.21 Å². The molecule has 2 atom stereocenters. The van der Waals surface area contributed by atoms with Crippen molar-refractivity contribution in [2.75, 3.05) is 24.4 Å². The van der Waals surface area contributed by atoms with Crippen LogP contribution in [0.15, 0.2) is 28.9 Å². The topological polar surface area (TPSA) is 75.4 Å². The lowest BCUT2D eigenvalue weighted by molar-refractivity contribution is 0.212. The maximum absolute atomic E-state index is 12.3. The Morgan fingerprint density at radius 1 is 1.42 bits per heavy atom. The van der Waals surface area contributed by atoms with Crippen LogP contribution in [0.2, 0.25) is 0 Å². The number of aromatic nitrogens is 1. The monoisotopic (exact) mass is 349 g/mol. The van der Waals surface area contributed by atoms with Gasteiger partial charge >= 0.3 is 6.03 Å². The molecular weight excluding hydrogens is 326 g/mol. The third-order valence-electron chi connectivity index (χ3n) is 3.80. The van der Waals surface area contributed by atoms with Gasteiger partial charge in [-0.15, -0.1) is 0 Å². The molecule has 7 heteroatoms. The van der Waals surface area contributed by atoms with Gasteiger partial charge in [0.15, 0.2) is 0 Å². The van der Waals surface area contributed by atoms with E-state index >= 15 is 0 Å². The van der Waals surface area contributed by atoms with Gasteiger partial charge in [-0.2, -0.15) is 0 Å². The Bertz CT molecular complexity index is 757. The molecule has 0 radical (unpaired) electrons. The first-order chi connectivity index (χ1) is 11.3. The normalized spacial score (nSPS) is 13.4. The van der Waals surface area contributed by atoms with E-state index in [-0.39, 0.29) is 12.1 Å². The number of urea groups is 1. The zero-order chi connectivity index (χ0) is 17.9. The molecule has 2 aromatic rings. The summed E-state index contributed by atoms with van der Waals surface area (Å²) < 4.78 is 16.8. The van der Waals surface area contributed by atoms with Gasteiger partial charge in [0.05, 0.1) is 5.69 Å². The van der Waals surface area contributed by atoms with E-state index in [2.05, 4.69) is 10.3 Å². The molecule has 2 amide bonds. The number of nitrogens with zero attached hydrogens (tertiary/aromatic N) is 2. The van der Waals surface area contributed by atoms with Crippen LogP contribution >= 0.6 is 0 Å². The third-order valence-corrected chi connectivity index (χ3v) is 4.75. The SMILES string of the molecule is Cc1coc(-c2cc(NC(=O)N(C)[C@H](C)C[S@@](C)=O)ccc2C)n1. The second kappa shape index (κ2) is 7.61. The Hall–Kier alpha value is -2.15. The summed E-state index contributed by atoms with van der Waals surface area (Å²) in [5.41, 5.74) is 3.32. The lowest BCUT2D eigenvalue weighted by Crippen LogP contribution is -2.40. The van der Waals surface area contributed by atoms with E-state index in [1.807, 2.05) is 39.0 Å². The number of carbonyl (C=O) groups excluding carboxylic acids is 1. The van der Waals surface area contributed by atoms with Crippen LogP contribution < -0.4 is 5.32 Å². The molecule has 0 saturated heterocycles. The number of carbonyl (C=O) groups is 1. The molecule has 0 aliphatic carbocycles. The van der Waals surface area contributed by atoms with E-state index in [4.69, 9.17) is 4.42 Å². The van der Waals surface area contributed by atoms with Gasteiger partial charge in [-0.05, 0) is 38.5 Å². The van der Waals surface area contributed by atoms with Gasteiger partial charge in [0.1, 0.15) is 6.26 Å². The molecule has 1 aromatic heterocycles. The molecule has 130 valence electrons. The maximum Gasteiger partial charge on any atom is 0.321 e. The lowest BCUT2D eigenvalue weighted by Gasteiger charge is -2.24. The minimum atomic E-state index is -0.951. The van der Waals surface area contributed by atoms with E-state index in [9.17, 15) is 9.00 Å². The molecule has 1 N–H and O–H groups in total. The average molecular weight is 349 g/mol. The van der Waals surface area contributed by atoms with Crippen LogP contribution in [0.3, 0.4) is 0 Å². The van der Waals surface area contributed by atoms with Gasteiger partial charge in [0.25, 0.3) is 0 Å². The quantitative estimate of drug-likeness (QED) is 0.899. The van der Waals surface area contributed by atoms with Crippen molar-refractivity contribution in [3.05, 3.63) is 35.7 Å². The van der Waals surface area contributed by atoms with Gasteiger partial charge in [0, 0.05) is 47.1 Å². The molecule has 1 aromatic carbocycles. The number of nitrogens with one attached hydrogen (secondary N) is 1. The van der Waals surface area contributed by atoms with Crippen LogP contribution in [0.4, 0.5) is 10.5 Å². The van der Waals surface area contributed by atoms with Crippen molar-refractivity contribution >= 4 is 22.5 Å². The summed E-state index contributed by atoms with van der Waals surface area (Å²) in [5.74, 6) is 0.975. The molecule has 0 bridgehead atoms. The summed E-state index contributed by atoms with van der Waals surface area (Å²) in [5, 5.41) is 2.86. The van der Waals surface area contributed by atoms with E-state index < -0.39 is 10.8 Å². The van der Waals surface area contributed by atoms with Crippen molar-refractivity contribution in [2.45, 2.75) is 26.8 Å². The van der Waals surface area contributed by atoms with Gasteiger partial charge in [0.2, 0.25) is 5.89 Å². The standard InChI is InChI=1S/C17H23N3O3S/c1-11-6-7-14(8-15(11)16-18-12(2)9-23-16)19-17(21)20(4)13(3)10-24(5)22/h6-9,13H,10H2,1-5H3,(H,19,21)/t13-,24-/m1/s1. The molecule has 0 saturated carbocycles. The van der Waals surface area contributed by atoms with Crippen molar-refractivity contribution < 1.29 is 13.4 Å². The molecular formula is C17H23N3O3S.